The lowest BCUT2D eigenvalue weighted by Gasteiger charge is -2.26. The zero-order valence-electron chi connectivity index (χ0n) is 15.8. The molecule has 2 atom stereocenters. The van der Waals surface area contributed by atoms with Gasteiger partial charge in [0, 0.05) is 12.3 Å². The van der Waals surface area contributed by atoms with Crippen molar-refractivity contribution in [1.29, 1.82) is 0 Å². The average molecular weight is 351 g/mol. The number of nitrogens with zero attached hydrogens (tertiary/aromatic N) is 1. The van der Waals surface area contributed by atoms with E-state index in [1.165, 1.54) is 0 Å². The third-order valence-electron chi connectivity index (χ3n) is 3.13. The summed E-state index contributed by atoms with van der Waals surface area (Å²) < 4.78 is 10.7. The Kier molecular flexibility index (Phi) is 7.67. The SMILES string of the molecule is CC(COc1ccccn1)NC(=O)[C@@H](NC(=O)OC(C)(C)C)C(C)C. The second kappa shape index (κ2) is 9.25. The van der Waals surface area contributed by atoms with Gasteiger partial charge >= 0.3 is 6.09 Å². The molecule has 25 heavy (non-hydrogen) atoms. The van der Waals surface area contributed by atoms with E-state index in [4.69, 9.17) is 9.47 Å². The molecule has 1 heterocycles. The van der Waals surface area contributed by atoms with Crippen LogP contribution in [0.15, 0.2) is 24.4 Å². The summed E-state index contributed by atoms with van der Waals surface area (Å²) in [4.78, 5) is 28.4. The zero-order valence-corrected chi connectivity index (χ0v) is 15.8. The van der Waals surface area contributed by atoms with E-state index in [1.54, 1.807) is 39.1 Å². The molecule has 1 aromatic heterocycles. The first-order chi connectivity index (χ1) is 11.6. The van der Waals surface area contributed by atoms with Crippen molar-refractivity contribution in [2.45, 2.75) is 59.2 Å². The molecule has 1 unspecified atom stereocenters. The van der Waals surface area contributed by atoms with Gasteiger partial charge in [-0.25, -0.2) is 9.78 Å². The first kappa shape index (κ1) is 20.7. The van der Waals surface area contributed by atoms with Gasteiger partial charge in [0.1, 0.15) is 18.2 Å². The van der Waals surface area contributed by atoms with Crippen LogP contribution in [0.5, 0.6) is 5.88 Å². The minimum Gasteiger partial charge on any atom is -0.475 e. The van der Waals surface area contributed by atoms with E-state index in [0.717, 1.165) is 0 Å². The van der Waals surface area contributed by atoms with Gasteiger partial charge in [0.15, 0.2) is 0 Å². The Hall–Kier alpha value is -2.31. The van der Waals surface area contributed by atoms with Crippen molar-refractivity contribution in [2.75, 3.05) is 6.61 Å². The Bertz CT molecular complexity index is 555. The number of ether oxygens (including phenoxy) is 2. The maximum absolute atomic E-state index is 12.5. The van der Waals surface area contributed by atoms with Gasteiger partial charge in [0.05, 0.1) is 6.04 Å². The fourth-order valence-electron chi connectivity index (χ4n) is 1.99. The summed E-state index contributed by atoms with van der Waals surface area (Å²) >= 11 is 0. The second-order valence-electron chi connectivity index (χ2n) is 7.26. The van der Waals surface area contributed by atoms with Gasteiger partial charge in [-0.1, -0.05) is 19.9 Å². The molecule has 0 aliphatic rings. The molecule has 140 valence electrons. The molecular weight excluding hydrogens is 322 g/mol. The summed E-state index contributed by atoms with van der Waals surface area (Å²) in [6.45, 7) is 11.1. The average Bonchev–Trinajstić information content (AvgIpc) is 2.49. The Morgan fingerprint density at radius 1 is 1.16 bits per heavy atom. The summed E-state index contributed by atoms with van der Waals surface area (Å²) in [5.41, 5.74) is -0.619. The van der Waals surface area contributed by atoms with Crippen molar-refractivity contribution in [3.05, 3.63) is 24.4 Å². The standard InChI is InChI=1S/C18H29N3O4/c1-12(2)15(21-17(23)25-18(4,5)6)16(22)20-13(3)11-24-14-9-7-8-10-19-14/h7-10,12-13,15H,11H2,1-6H3,(H,20,22)(H,21,23)/t13?,15-/m0/s1. The van der Waals surface area contributed by atoms with Crippen LogP contribution in [-0.4, -0.2) is 41.3 Å². The molecule has 1 rings (SSSR count). The molecule has 7 nitrogen and oxygen atoms in total. The maximum atomic E-state index is 12.5. The molecule has 7 heteroatoms. The highest BCUT2D eigenvalue weighted by Gasteiger charge is 2.27. The van der Waals surface area contributed by atoms with Crippen LogP contribution < -0.4 is 15.4 Å². The topological polar surface area (TPSA) is 89.5 Å². The van der Waals surface area contributed by atoms with Gasteiger partial charge < -0.3 is 20.1 Å². The predicted molar refractivity (Wildman–Crippen MR) is 95.3 cm³/mol. The summed E-state index contributed by atoms with van der Waals surface area (Å²) in [5, 5.41) is 5.46. The number of hydrogen-bond acceptors (Lipinski definition) is 5. The van der Waals surface area contributed by atoms with Gasteiger partial charge in [-0.05, 0) is 39.7 Å². The van der Waals surface area contributed by atoms with E-state index >= 15 is 0 Å². The molecule has 0 saturated heterocycles. The van der Waals surface area contributed by atoms with Gasteiger partial charge in [-0.3, -0.25) is 4.79 Å². The van der Waals surface area contributed by atoms with Crippen LogP contribution in [0.2, 0.25) is 0 Å². The van der Waals surface area contributed by atoms with Crippen LogP contribution in [0.4, 0.5) is 4.79 Å². The van der Waals surface area contributed by atoms with Gasteiger partial charge in [0.25, 0.3) is 0 Å². The van der Waals surface area contributed by atoms with E-state index in [-0.39, 0.29) is 24.5 Å². The first-order valence-electron chi connectivity index (χ1n) is 8.42. The Morgan fingerprint density at radius 3 is 2.36 bits per heavy atom. The lowest BCUT2D eigenvalue weighted by atomic mass is 10.0. The molecule has 0 aliphatic heterocycles. The highest BCUT2D eigenvalue weighted by atomic mass is 16.6. The predicted octanol–water partition coefficient (Wildman–Crippen LogP) is 2.51. The molecule has 0 radical (unpaired) electrons. The molecule has 2 N–H and O–H groups in total. The minimum absolute atomic E-state index is 0.0866. The third-order valence-corrected chi connectivity index (χ3v) is 3.13. The van der Waals surface area contributed by atoms with Crippen molar-refractivity contribution in [3.63, 3.8) is 0 Å². The highest BCUT2D eigenvalue weighted by Crippen LogP contribution is 2.09. The molecule has 2 amide bonds. The molecule has 0 bridgehead atoms. The van der Waals surface area contributed by atoms with Gasteiger partial charge in [-0.2, -0.15) is 0 Å². The number of aromatic nitrogens is 1. The van der Waals surface area contributed by atoms with Crippen LogP contribution >= 0.6 is 0 Å². The van der Waals surface area contributed by atoms with E-state index in [0.29, 0.717) is 5.88 Å². The summed E-state index contributed by atoms with van der Waals surface area (Å²) in [5.74, 6) is 0.130. The normalized spacial score (nSPS) is 13.7. The Labute approximate surface area is 149 Å². The van der Waals surface area contributed by atoms with E-state index in [9.17, 15) is 9.59 Å². The second-order valence-corrected chi connectivity index (χ2v) is 7.26. The zero-order chi connectivity index (χ0) is 19.0. The van der Waals surface area contributed by atoms with Crippen LogP contribution in [0.3, 0.4) is 0 Å². The Balaban J connectivity index is 2.53. The number of alkyl carbamates (subject to hydrolysis) is 1. The number of nitrogens with one attached hydrogen (secondary N) is 2. The number of amides is 2. The summed E-state index contributed by atoms with van der Waals surface area (Å²) in [6, 6.07) is 4.44. The Morgan fingerprint density at radius 2 is 1.84 bits per heavy atom. The molecular formula is C18H29N3O4. The third kappa shape index (κ3) is 8.37. The highest BCUT2D eigenvalue weighted by molar-refractivity contribution is 5.86. The molecule has 1 aromatic rings. The van der Waals surface area contributed by atoms with Crippen LogP contribution in [0.25, 0.3) is 0 Å². The minimum atomic E-state index is -0.688. The number of carbonyl (C=O) groups is 2. The van der Waals surface area contributed by atoms with Crippen molar-refractivity contribution in [2.24, 2.45) is 5.92 Å². The summed E-state index contributed by atoms with van der Waals surface area (Å²) in [6.07, 6.45) is 1.02. The summed E-state index contributed by atoms with van der Waals surface area (Å²) in [7, 11) is 0. The first-order valence-corrected chi connectivity index (χ1v) is 8.42. The van der Waals surface area contributed by atoms with Gasteiger partial charge in [0.2, 0.25) is 11.8 Å². The van der Waals surface area contributed by atoms with Crippen LogP contribution in [0.1, 0.15) is 41.5 Å². The van der Waals surface area contributed by atoms with E-state index < -0.39 is 17.7 Å². The van der Waals surface area contributed by atoms with E-state index in [2.05, 4.69) is 15.6 Å². The molecule has 0 aromatic carbocycles. The number of rotatable bonds is 7. The lowest BCUT2D eigenvalue weighted by Crippen LogP contribution is -2.53. The molecule has 0 fully saturated rings. The quantitative estimate of drug-likeness (QED) is 0.788. The smallest absolute Gasteiger partial charge is 0.408 e. The number of hydrogen-bond donors (Lipinski definition) is 2. The number of pyridine rings is 1. The van der Waals surface area contributed by atoms with Crippen molar-refractivity contribution in [1.82, 2.24) is 15.6 Å². The van der Waals surface area contributed by atoms with Gasteiger partial charge in [-0.15, -0.1) is 0 Å². The van der Waals surface area contributed by atoms with E-state index in [1.807, 2.05) is 26.8 Å². The fourth-order valence-corrected chi connectivity index (χ4v) is 1.99. The molecule has 0 saturated carbocycles. The number of carbonyl (C=O) groups excluding carboxylic acids is 2. The monoisotopic (exact) mass is 351 g/mol. The molecule has 0 aliphatic carbocycles. The van der Waals surface area contributed by atoms with Crippen molar-refractivity contribution >= 4 is 12.0 Å². The van der Waals surface area contributed by atoms with Crippen molar-refractivity contribution in [3.8, 4) is 5.88 Å². The van der Waals surface area contributed by atoms with Crippen LogP contribution in [0, 0.1) is 5.92 Å². The maximum Gasteiger partial charge on any atom is 0.408 e. The largest absolute Gasteiger partial charge is 0.475 e. The molecule has 0 spiro atoms. The van der Waals surface area contributed by atoms with Crippen molar-refractivity contribution < 1.29 is 19.1 Å². The van der Waals surface area contributed by atoms with Crippen LogP contribution in [-0.2, 0) is 9.53 Å². The fraction of sp³-hybridized carbons (Fsp3) is 0.611. The lowest BCUT2D eigenvalue weighted by molar-refractivity contribution is -0.125.